The molecular weight excluding hydrogens is 172 g/mol. The third kappa shape index (κ3) is 2.81. The van der Waals surface area contributed by atoms with E-state index in [1.165, 1.54) is 44.3 Å². The van der Waals surface area contributed by atoms with Crippen molar-refractivity contribution in [3.8, 4) is 0 Å². The zero-order valence-corrected chi connectivity index (χ0v) is 8.71. The Morgan fingerprint density at radius 2 is 1.93 bits per heavy atom. The van der Waals surface area contributed by atoms with Gasteiger partial charge in [-0.2, -0.15) is 0 Å². The van der Waals surface area contributed by atoms with Crippen LogP contribution in [0.5, 0.6) is 0 Å². The minimum atomic E-state index is 1.16. The normalized spacial score (nSPS) is 19.1. The first kappa shape index (κ1) is 9.66. The summed E-state index contributed by atoms with van der Waals surface area (Å²) in [7, 11) is 0. The van der Waals surface area contributed by atoms with Crippen molar-refractivity contribution >= 4 is 0 Å². The van der Waals surface area contributed by atoms with E-state index in [1.54, 1.807) is 4.90 Å². The van der Waals surface area contributed by atoms with Crippen molar-refractivity contribution in [2.24, 2.45) is 0 Å². The van der Waals surface area contributed by atoms with Crippen LogP contribution in [0.2, 0.25) is 0 Å². The van der Waals surface area contributed by atoms with E-state index in [4.69, 9.17) is 0 Å². The van der Waals surface area contributed by atoms with Crippen LogP contribution in [0.3, 0.4) is 0 Å². The average Bonchev–Trinajstić information content (AvgIpc) is 2.48. The molecule has 2 heteroatoms. The summed E-state index contributed by atoms with van der Waals surface area (Å²) in [5.74, 6) is 0. The molecule has 2 rings (SSSR count). The zero-order valence-electron chi connectivity index (χ0n) is 8.71. The fraction of sp³-hybridized carbons (Fsp3) is 0.583. The quantitative estimate of drug-likeness (QED) is 0.739. The van der Waals surface area contributed by atoms with Crippen molar-refractivity contribution in [2.75, 3.05) is 13.1 Å². The van der Waals surface area contributed by atoms with E-state index in [-0.39, 0.29) is 0 Å². The Labute approximate surface area is 86.0 Å². The fourth-order valence-electron chi connectivity index (χ4n) is 2.20. The summed E-state index contributed by atoms with van der Waals surface area (Å²) >= 11 is 0. The molecule has 0 aromatic carbocycles. The number of quaternary nitrogens is 1. The monoisotopic (exact) mass is 191 g/mol. The molecule has 0 unspecified atom stereocenters. The molecule has 1 N–H and O–H groups in total. The number of nitrogens with zero attached hydrogens (tertiary/aromatic N) is 1. The highest BCUT2D eigenvalue weighted by Crippen LogP contribution is 2.00. The Kier molecular flexibility index (Phi) is 3.52. The van der Waals surface area contributed by atoms with Gasteiger partial charge >= 0.3 is 0 Å². The molecule has 1 aromatic heterocycles. The van der Waals surface area contributed by atoms with E-state index in [9.17, 15) is 0 Å². The number of nitrogens with one attached hydrogen (secondary N) is 1. The van der Waals surface area contributed by atoms with Gasteiger partial charge in [-0.25, -0.2) is 0 Å². The summed E-state index contributed by atoms with van der Waals surface area (Å²) in [5, 5.41) is 0. The molecule has 0 atom stereocenters. The van der Waals surface area contributed by atoms with Crippen molar-refractivity contribution in [1.29, 1.82) is 0 Å². The number of aromatic nitrogens is 1. The molecule has 76 valence electrons. The molecular formula is C12H19N2+. The Morgan fingerprint density at radius 3 is 2.57 bits per heavy atom. The van der Waals surface area contributed by atoms with Gasteiger partial charge < -0.3 is 4.90 Å². The Hall–Kier alpha value is -0.890. The average molecular weight is 191 g/mol. The largest absolute Gasteiger partial charge is 0.331 e. The number of pyridine rings is 1. The van der Waals surface area contributed by atoms with Gasteiger partial charge in [-0.05, 0) is 31.7 Å². The molecule has 2 nitrogen and oxygen atoms in total. The van der Waals surface area contributed by atoms with E-state index in [0.717, 1.165) is 6.54 Å². The summed E-state index contributed by atoms with van der Waals surface area (Å²) in [5.41, 5.74) is 1.38. The Morgan fingerprint density at radius 1 is 1.14 bits per heavy atom. The first-order valence-corrected chi connectivity index (χ1v) is 5.67. The molecule has 0 saturated carbocycles. The highest BCUT2D eigenvalue weighted by molar-refractivity contribution is 5.06. The predicted molar refractivity (Wildman–Crippen MR) is 57.1 cm³/mol. The van der Waals surface area contributed by atoms with E-state index in [0.29, 0.717) is 0 Å². The molecule has 0 bridgehead atoms. The molecule has 1 aliphatic rings. The first-order chi connectivity index (χ1) is 6.95. The van der Waals surface area contributed by atoms with Gasteiger partial charge in [0, 0.05) is 18.0 Å². The summed E-state index contributed by atoms with van der Waals surface area (Å²) < 4.78 is 0. The van der Waals surface area contributed by atoms with Gasteiger partial charge in [0.25, 0.3) is 0 Å². The number of rotatable bonds is 2. The van der Waals surface area contributed by atoms with Crippen LogP contribution in [0.25, 0.3) is 0 Å². The summed E-state index contributed by atoms with van der Waals surface area (Å²) in [6, 6.07) is 4.22. The van der Waals surface area contributed by atoms with Crippen molar-refractivity contribution in [1.82, 2.24) is 4.98 Å². The zero-order chi connectivity index (χ0) is 9.64. The highest BCUT2D eigenvalue weighted by atomic mass is 15.1. The smallest absolute Gasteiger partial charge is 0.104 e. The lowest BCUT2D eigenvalue weighted by atomic mass is 10.2. The second-order valence-corrected chi connectivity index (χ2v) is 4.20. The van der Waals surface area contributed by atoms with Crippen molar-refractivity contribution < 1.29 is 4.90 Å². The third-order valence-corrected chi connectivity index (χ3v) is 2.99. The van der Waals surface area contributed by atoms with Gasteiger partial charge in [-0.1, -0.05) is 6.07 Å². The van der Waals surface area contributed by atoms with Gasteiger partial charge in [-0.3, -0.25) is 4.98 Å². The lowest BCUT2D eigenvalue weighted by Gasteiger charge is -2.16. The van der Waals surface area contributed by atoms with Crippen molar-refractivity contribution in [3.63, 3.8) is 0 Å². The predicted octanol–water partition coefficient (Wildman–Crippen LogP) is 1.04. The molecule has 0 spiro atoms. The van der Waals surface area contributed by atoms with Crippen molar-refractivity contribution in [2.45, 2.75) is 32.2 Å². The van der Waals surface area contributed by atoms with Crippen LogP contribution in [0.4, 0.5) is 0 Å². The lowest BCUT2D eigenvalue weighted by molar-refractivity contribution is -0.913. The summed E-state index contributed by atoms with van der Waals surface area (Å²) in [6.07, 6.45) is 9.50. The van der Waals surface area contributed by atoms with Crippen molar-refractivity contribution in [3.05, 3.63) is 30.1 Å². The van der Waals surface area contributed by atoms with Gasteiger partial charge in [0.15, 0.2) is 0 Å². The minimum absolute atomic E-state index is 1.16. The first-order valence-electron chi connectivity index (χ1n) is 5.67. The second-order valence-electron chi connectivity index (χ2n) is 4.20. The molecule has 0 aliphatic carbocycles. The molecule has 0 radical (unpaired) electrons. The molecule has 2 heterocycles. The maximum Gasteiger partial charge on any atom is 0.104 e. The minimum Gasteiger partial charge on any atom is -0.331 e. The SMILES string of the molecule is c1cncc(C[NH+]2CCCCCC2)c1. The molecule has 1 fully saturated rings. The maximum absolute atomic E-state index is 4.16. The van der Waals surface area contributed by atoms with Crippen LogP contribution in [-0.4, -0.2) is 18.1 Å². The molecule has 1 aliphatic heterocycles. The molecule has 1 aromatic rings. The van der Waals surface area contributed by atoms with E-state index >= 15 is 0 Å². The Balaban J connectivity index is 1.90. The topological polar surface area (TPSA) is 17.3 Å². The van der Waals surface area contributed by atoms with Crippen LogP contribution in [0.1, 0.15) is 31.2 Å². The van der Waals surface area contributed by atoms with Crippen LogP contribution in [0, 0.1) is 0 Å². The molecule has 0 amide bonds. The van der Waals surface area contributed by atoms with E-state index in [1.807, 2.05) is 18.5 Å². The van der Waals surface area contributed by atoms with E-state index in [2.05, 4.69) is 11.1 Å². The number of hydrogen-bond donors (Lipinski definition) is 1. The lowest BCUT2D eigenvalue weighted by Crippen LogP contribution is -3.10. The van der Waals surface area contributed by atoms with E-state index < -0.39 is 0 Å². The van der Waals surface area contributed by atoms with Gasteiger partial charge in [0.2, 0.25) is 0 Å². The molecule has 1 saturated heterocycles. The van der Waals surface area contributed by atoms with Gasteiger partial charge in [-0.15, -0.1) is 0 Å². The Bertz CT molecular complexity index is 250. The van der Waals surface area contributed by atoms with Crippen LogP contribution >= 0.6 is 0 Å². The van der Waals surface area contributed by atoms with Crippen LogP contribution in [0.15, 0.2) is 24.5 Å². The second kappa shape index (κ2) is 5.11. The third-order valence-electron chi connectivity index (χ3n) is 2.99. The summed E-state index contributed by atoms with van der Waals surface area (Å²) in [4.78, 5) is 5.89. The van der Waals surface area contributed by atoms with Crippen LogP contribution < -0.4 is 4.90 Å². The van der Waals surface area contributed by atoms with Gasteiger partial charge in [0.1, 0.15) is 6.54 Å². The number of likely N-dealkylation sites (tertiary alicyclic amines) is 1. The van der Waals surface area contributed by atoms with Gasteiger partial charge in [0.05, 0.1) is 13.1 Å². The fourth-order valence-corrected chi connectivity index (χ4v) is 2.20. The number of hydrogen-bond acceptors (Lipinski definition) is 1. The maximum atomic E-state index is 4.16. The summed E-state index contributed by atoms with van der Waals surface area (Å²) in [6.45, 7) is 3.84. The molecule has 14 heavy (non-hydrogen) atoms. The standard InChI is InChI=1S/C12H18N2/c1-2-4-9-14(8-3-1)11-12-6-5-7-13-10-12/h5-7,10H,1-4,8-9,11H2/p+1. The highest BCUT2D eigenvalue weighted by Gasteiger charge is 2.12. The van der Waals surface area contributed by atoms with Crippen LogP contribution in [-0.2, 0) is 6.54 Å².